The Balaban J connectivity index is 1.75. The summed E-state index contributed by atoms with van der Waals surface area (Å²) in [6.45, 7) is 3.66. The van der Waals surface area contributed by atoms with Gasteiger partial charge in [-0.05, 0) is 31.5 Å². The van der Waals surface area contributed by atoms with Crippen LogP contribution in [0, 0.1) is 6.92 Å². The topological polar surface area (TPSA) is 73.2 Å². The van der Waals surface area contributed by atoms with Crippen LogP contribution < -0.4 is 15.6 Å². The van der Waals surface area contributed by atoms with Crippen LogP contribution in [-0.4, -0.2) is 22.6 Å². The Labute approximate surface area is 177 Å². The van der Waals surface area contributed by atoms with Crippen LogP contribution >= 0.6 is 11.3 Å². The third-order valence-corrected chi connectivity index (χ3v) is 6.05. The van der Waals surface area contributed by atoms with E-state index in [-0.39, 0.29) is 11.5 Å². The van der Waals surface area contributed by atoms with Crippen molar-refractivity contribution in [3.8, 4) is 16.9 Å². The Hall–Kier alpha value is -3.45. The summed E-state index contributed by atoms with van der Waals surface area (Å²) in [7, 11) is 1.54. The lowest BCUT2D eigenvalue weighted by Crippen LogP contribution is -2.31. The Morgan fingerprint density at radius 3 is 2.57 bits per heavy atom. The Bertz CT molecular complexity index is 1280. The highest BCUT2D eigenvalue weighted by Crippen LogP contribution is 2.35. The Morgan fingerprint density at radius 2 is 1.83 bits per heavy atom. The van der Waals surface area contributed by atoms with E-state index < -0.39 is 6.04 Å². The number of carbonyl (C=O) groups excluding carboxylic acids is 1. The Morgan fingerprint density at radius 1 is 1.13 bits per heavy atom. The minimum absolute atomic E-state index is 0.231. The zero-order valence-corrected chi connectivity index (χ0v) is 17.7. The molecule has 0 fully saturated rings. The molecule has 0 saturated heterocycles. The van der Waals surface area contributed by atoms with E-state index in [1.54, 1.807) is 26.2 Å². The van der Waals surface area contributed by atoms with Crippen LogP contribution in [0.1, 0.15) is 17.8 Å². The van der Waals surface area contributed by atoms with E-state index >= 15 is 0 Å². The fourth-order valence-corrected chi connectivity index (χ4v) is 4.46. The maximum absolute atomic E-state index is 13.4. The van der Waals surface area contributed by atoms with Gasteiger partial charge in [-0.3, -0.25) is 14.2 Å². The average Bonchev–Trinajstić information content (AvgIpc) is 3.11. The van der Waals surface area contributed by atoms with Gasteiger partial charge in [0.25, 0.3) is 5.56 Å². The monoisotopic (exact) mass is 419 g/mol. The number of benzene rings is 2. The number of thiophene rings is 1. The molecule has 1 atom stereocenters. The molecule has 0 spiro atoms. The number of ether oxygens (including phenoxy) is 1. The van der Waals surface area contributed by atoms with E-state index in [1.165, 1.54) is 22.2 Å². The maximum atomic E-state index is 13.4. The predicted molar refractivity (Wildman–Crippen MR) is 120 cm³/mol. The highest BCUT2D eigenvalue weighted by Gasteiger charge is 2.22. The van der Waals surface area contributed by atoms with Gasteiger partial charge in [0.2, 0.25) is 5.91 Å². The molecule has 2 aromatic carbocycles. The zero-order valence-electron chi connectivity index (χ0n) is 16.9. The van der Waals surface area contributed by atoms with Gasteiger partial charge in [0.15, 0.2) is 0 Å². The molecule has 0 saturated carbocycles. The van der Waals surface area contributed by atoms with E-state index in [9.17, 15) is 9.59 Å². The first-order chi connectivity index (χ1) is 14.5. The predicted octanol–water partition coefficient (Wildman–Crippen LogP) is 4.64. The number of amides is 1. The molecular weight excluding hydrogens is 398 g/mol. The van der Waals surface area contributed by atoms with Crippen molar-refractivity contribution in [3.63, 3.8) is 0 Å². The summed E-state index contributed by atoms with van der Waals surface area (Å²) >= 11 is 1.48. The molecule has 4 rings (SSSR count). The number of anilines is 1. The van der Waals surface area contributed by atoms with Crippen LogP contribution in [0.3, 0.4) is 0 Å². The minimum atomic E-state index is -0.747. The van der Waals surface area contributed by atoms with Gasteiger partial charge in [0.1, 0.15) is 16.6 Å². The van der Waals surface area contributed by atoms with Crippen LogP contribution in [0.25, 0.3) is 21.3 Å². The van der Waals surface area contributed by atoms with Gasteiger partial charge in [-0.2, -0.15) is 0 Å². The van der Waals surface area contributed by atoms with E-state index in [2.05, 4.69) is 10.3 Å². The summed E-state index contributed by atoms with van der Waals surface area (Å²) in [5, 5.41) is 3.38. The number of aromatic nitrogens is 2. The largest absolute Gasteiger partial charge is 0.495 e. The first kappa shape index (κ1) is 19.8. The van der Waals surface area contributed by atoms with Crippen LogP contribution in [0.4, 0.5) is 5.69 Å². The summed E-state index contributed by atoms with van der Waals surface area (Å²) in [6.07, 6.45) is 1.45. The van der Waals surface area contributed by atoms with E-state index in [0.29, 0.717) is 21.7 Å². The molecule has 0 radical (unpaired) electrons. The van der Waals surface area contributed by atoms with Crippen molar-refractivity contribution < 1.29 is 9.53 Å². The third kappa shape index (κ3) is 3.48. The molecule has 1 amide bonds. The number of nitrogens with zero attached hydrogens (tertiary/aromatic N) is 2. The summed E-state index contributed by atoms with van der Waals surface area (Å²) in [4.78, 5) is 32.4. The molecule has 0 unspecified atom stereocenters. The molecule has 0 bridgehead atoms. The highest BCUT2D eigenvalue weighted by molar-refractivity contribution is 7.19. The van der Waals surface area contributed by atoms with Crippen molar-refractivity contribution in [1.29, 1.82) is 0 Å². The van der Waals surface area contributed by atoms with Crippen molar-refractivity contribution in [2.24, 2.45) is 0 Å². The molecule has 152 valence electrons. The maximum Gasteiger partial charge on any atom is 0.263 e. The number of nitrogens with one attached hydrogen (secondary N) is 1. The second kappa shape index (κ2) is 8.12. The van der Waals surface area contributed by atoms with Crippen molar-refractivity contribution in [2.45, 2.75) is 19.9 Å². The lowest BCUT2D eigenvalue weighted by Gasteiger charge is -2.16. The first-order valence-corrected chi connectivity index (χ1v) is 10.3. The Kier molecular flexibility index (Phi) is 5.37. The molecule has 0 aliphatic carbocycles. The smallest absolute Gasteiger partial charge is 0.263 e. The van der Waals surface area contributed by atoms with E-state index in [1.807, 2.05) is 49.4 Å². The van der Waals surface area contributed by atoms with Gasteiger partial charge in [0, 0.05) is 10.4 Å². The van der Waals surface area contributed by atoms with Crippen molar-refractivity contribution in [2.75, 3.05) is 12.4 Å². The highest BCUT2D eigenvalue weighted by atomic mass is 32.1. The molecule has 0 aliphatic rings. The van der Waals surface area contributed by atoms with Crippen LogP contribution in [0.5, 0.6) is 5.75 Å². The number of aryl methyl sites for hydroxylation is 1. The molecule has 7 heteroatoms. The first-order valence-electron chi connectivity index (χ1n) is 9.50. The number of hydrogen-bond acceptors (Lipinski definition) is 5. The number of carbonyl (C=O) groups is 1. The van der Waals surface area contributed by atoms with Gasteiger partial charge in [0.05, 0.1) is 24.5 Å². The fourth-order valence-electron chi connectivity index (χ4n) is 3.46. The number of rotatable bonds is 5. The number of hydrogen-bond donors (Lipinski definition) is 1. The van der Waals surface area contributed by atoms with Gasteiger partial charge in [-0.1, -0.05) is 42.5 Å². The summed E-state index contributed by atoms with van der Waals surface area (Å²) in [5.41, 5.74) is 2.16. The van der Waals surface area contributed by atoms with Crippen LogP contribution in [-0.2, 0) is 4.79 Å². The van der Waals surface area contributed by atoms with Crippen molar-refractivity contribution in [3.05, 3.63) is 76.2 Å². The minimum Gasteiger partial charge on any atom is -0.495 e. The molecule has 0 aliphatic heterocycles. The van der Waals surface area contributed by atoms with E-state index in [4.69, 9.17) is 4.74 Å². The lowest BCUT2D eigenvalue weighted by molar-refractivity contribution is -0.118. The SMILES string of the molecule is COc1ccccc1NC(=O)[C@@H](C)n1cnc2sc(C)c(-c3ccccc3)c2c1=O. The average molecular weight is 420 g/mol. The normalized spacial score (nSPS) is 12.0. The summed E-state index contributed by atoms with van der Waals surface area (Å²) in [5.74, 6) is 0.231. The van der Waals surface area contributed by atoms with Crippen LogP contribution in [0.15, 0.2) is 65.7 Å². The molecule has 2 aromatic heterocycles. The quantitative estimate of drug-likeness (QED) is 0.511. The lowest BCUT2D eigenvalue weighted by atomic mass is 10.0. The standard InChI is InChI=1S/C23H21N3O3S/c1-14(21(27)25-17-11-7-8-12-18(17)29-3)26-13-24-22-20(23(26)28)19(15(2)30-22)16-9-5-4-6-10-16/h4-14H,1-3H3,(H,25,27)/t14-/m1/s1. The van der Waals surface area contributed by atoms with Gasteiger partial charge < -0.3 is 10.1 Å². The van der Waals surface area contributed by atoms with Crippen molar-refractivity contribution >= 4 is 33.1 Å². The summed E-state index contributed by atoms with van der Waals surface area (Å²) in [6, 6.07) is 16.2. The molecule has 2 heterocycles. The second-order valence-corrected chi connectivity index (χ2v) is 8.11. The third-order valence-electron chi connectivity index (χ3n) is 5.04. The van der Waals surface area contributed by atoms with Gasteiger partial charge >= 0.3 is 0 Å². The molecule has 1 N–H and O–H groups in total. The number of fused-ring (bicyclic) bond motifs is 1. The number of para-hydroxylation sites is 2. The van der Waals surface area contributed by atoms with Gasteiger partial charge in [-0.25, -0.2) is 4.98 Å². The van der Waals surface area contributed by atoms with Crippen molar-refractivity contribution in [1.82, 2.24) is 9.55 Å². The van der Waals surface area contributed by atoms with Gasteiger partial charge in [-0.15, -0.1) is 11.3 Å². The van der Waals surface area contributed by atoms with Crippen LogP contribution in [0.2, 0.25) is 0 Å². The number of methoxy groups -OCH3 is 1. The molecule has 4 aromatic rings. The summed E-state index contributed by atoms with van der Waals surface area (Å²) < 4.78 is 6.67. The zero-order chi connectivity index (χ0) is 21.3. The molecular formula is C23H21N3O3S. The molecule has 30 heavy (non-hydrogen) atoms. The second-order valence-electron chi connectivity index (χ2n) is 6.90. The van der Waals surface area contributed by atoms with E-state index in [0.717, 1.165) is 16.0 Å². The molecule has 6 nitrogen and oxygen atoms in total. The fraction of sp³-hybridized carbons (Fsp3) is 0.174.